The number of hydrogen-bond donors (Lipinski definition) is 1. The molecule has 0 saturated carbocycles. The Hall–Kier alpha value is -0.970. The molecule has 0 fully saturated rings. The second-order valence-corrected chi connectivity index (χ2v) is 5.14. The van der Waals surface area contributed by atoms with E-state index in [1.54, 1.807) is 6.33 Å². The number of anilines is 2. The smallest absolute Gasteiger partial charge is 0.137 e. The third-order valence-corrected chi connectivity index (χ3v) is 3.69. The zero-order valence-electron chi connectivity index (χ0n) is 11.1. The molecule has 0 aliphatic carbocycles. The molecule has 1 aromatic rings. The number of hydrogen-bond acceptors (Lipinski definition) is 5. The fraction of sp³-hybridized carbons (Fsp3) is 0.667. The summed E-state index contributed by atoms with van der Waals surface area (Å²) in [6.07, 6.45) is 5.68. The van der Waals surface area contributed by atoms with Gasteiger partial charge in [-0.25, -0.2) is 9.97 Å². The molecular formula is C12H22N4S. The van der Waals surface area contributed by atoms with Crippen molar-refractivity contribution < 1.29 is 0 Å². The van der Waals surface area contributed by atoms with Gasteiger partial charge in [-0.05, 0) is 31.8 Å². The van der Waals surface area contributed by atoms with Gasteiger partial charge in [-0.2, -0.15) is 11.8 Å². The molecule has 0 bridgehead atoms. The monoisotopic (exact) mass is 254 g/mol. The zero-order valence-corrected chi connectivity index (χ0v) is 11.9. The van der Waals surface area contributed by atoms with Gasteiger partial charge >= 0.3 is 0 Å². The Labute approximate surface area is 108 Å². The van der Waals surface area contributed by atoms with Crippen molar-refractivity contribution in [2.24, 2.45) is 0 Å². The van der Waals surface area contributed by atoms with E-state index >= 15 is 0 Å². The molecule has 5 heteroatoms. The van der Waals surface area contributed by atoms with Crippen LogP contribution < -0.4 is 10.6 Å². The van der Waals surface area contributed by atoms with Gasteiger partial charge in [0.2, 0.25) is 0 Å². The normalized spacial score (nSPS) is 12.5. The summed E-state index contributed by atoms with van der Waals surface area (Å²) in [5.74, 6) is 2.73. The van der Waals surface area contributed by atoms with Crippen molar-refractivity contribution in [2.45, 2.75) is 32.7 Å². The average molecular weight is 254 g/mol. The number of aromatic nitrogens is 2. The van der Waals surface area contributed by atoms with E-state index in [-0.39, 0.29) is 0 Å². The van der Waals surface area contributed by atoms with Crippen molar-refractivity contribution in [2.75, 3.05) is 29.7 Å². The van der Waals surface area contributed by atoms with E-state index in [2.05, 4.69) is 42.0 Å². The highest BCUT2D eigenvalue weighted by atomic mass is 32.2. The molecule has 0 spiro atoms. The van der Waals surface area contributed by atoms with Gasteiger partial charge in [-0.3, -0.25) is 0 Å². The Balaban J connectivity index is 2.87. The van der Waals surface area contributed by atoms with Crippen LogP contribution in [-0.4, -0.2) is 35.1 Å². The molecule has 0 saturated heterocycles. The van der Waals surface area contributed by atoms with Crippen molar-refractivity contribution in [3.8, 4) is 0 Å². The highest BCUT2D eigenvalue weighted by Gasteiger charge is 2.16. The molecule has 1 atom stereocenters. The van der Waals surface area contributed by atoms with Crippen LogP contribution in [0.1, 0.15) is 25.8 Å². The van der Waals surface area contributed by atoms with E-state index < -0.39 is 0 Å². The van der Waals surface area contributed by atoms with Crippen LogP contribution in [0.4, 0.5) is 11.6 Å². The lowest BCUT2D eigenvalue weighted by Gasteiger charge is -2.27. The molecule has 1 aromatic heterocycles. The highest BCUT2D eigenvalue weighted by Crippen LogP contribution is 2.23. The Kier molecular flexibility index (Phi) is 5.55. The standard InChI is InChI=1S/C12H22N4S/c1-5-10-11(13)14-8-15-12(10)16(3)9(2)6-7-17-4/h8-9H,5-7H2,1-4H3,(H2,13,14,15). The topological polar surface area (TPSA) is 55.0 Å². The van der Waals surface area contributed by atoms with E-state index in [0.717, 1.165) is 30.0 Å². The molecule has 1 unspecified atom stereocenters. The van der Waals surface area contributed by atoms with Gasteiger partial charge in [0.1, 0.15) is 18.0 Å². The van der Waals surface area contributed by atoms with Gasteiger partial charge in [-0.1, -0.05) is 6.92 Å². The first kappa shape index (κ1) is 14.1. The summed E-state index contributed by atoms with van der Waals surface area (Å²) in [6, 6.07) is 0.460. The maximum absolute atomic E-state index is 5.89. The quantitative estimate of drug-likeness (QED) is 0.843. The van der Waals surface area contributed by atoms with Gasteiger partial charge in [0.05, 0.1) is 0 Å². The molecule has 0 aliphatic heterocycles. The molecule has 0 amide bonds. The Morgan fingerprint density at radius 2 is 2.18 bits per heavy atom. The predicted octanol–water partition coefficient (Wildman–Crippen LogP) is 2.20. The third kappa shape index (κ3) is 3.49. The lowest BCUT2D eigenvalue weighted by Crippen LogP contribution is -2.31. The van der Waals surface area contributed by atoms with Crippen LogP contribution in [0.2, 0.25) is 0 Å². The highest BCUT2D eigenvalue weighted by molar-refractivity contribution is 7.98. The fourth-order valence-electron chi connectivity index (χ4n) is 1.75. The molecule has 0 aromatic carbocycles. The molecule has 0 radical (unpaired) electrons. The summed E-state index contributed by atoms with van der Waals surface area (Å²) in [7, 11) is 2.08. The van der Waals surface area contributed by atoms with Gasteiger partial charge in [0, 0.05) is 18.7 Å². The molecule has 4 nitrogen and oxygen atoms in total. The molecular weight excluding hydrogens is 232 g/mol. The van der Waals surface area contributed by atoms with E-state index in [0.29, 0.717) is 11.9 Å². The predicted molar refractivity (Wildman–Crippen MR) is 76.7 cm³/mol. The van der Waals surface area contributed by atoms with Crippen molar-refractivity contribution in [1.82, 2.24) is 9.97 Å². The Morgan fingerprint density at radius 3 is 2.76 bits per heavy atom. The van der Waals surface area contributed by atoms with Crippen molar-refractivity contribution in [1.29, 1.82) is 0 Å². The van der Waals surface area contributed by atoms with Gasteiger partial charge < -0.3 is 10.6 Å². The van der Waals surface area contributed by atoms with Crippen LogP contribution in [0, 0.1) is 0 Å². The lowest BCUT2D eigenvalue weighted by molar-refractivity contribution is 0.658. The van der Waals surface area contributed by atoms with Crippen molar-refractivity contribution in [3.63, 3.8) is 0 Å². The van der Waals surface area contributed by atoms with E-state index in [9.17, 15) is 0 Å². The molecule has 1 heterocycles. The first-order valence-electron chi connectivity index (χ1n) is 5.92. The van der Waals surface area contributed by atoms with Crippen LogP contribution in [0.5, 0.6) is 0 Å². The minimum Gasteiger partial charge on any atom is -0.383 e. The summed E-state index contributed by atoms with van der Waals surface area (Å²) in [5, 5.41) is 0. The fourth-order valence-corrected chi connectivity index (χ4v) is 2.33. The average Bonchev–Trinajstić information content (AvgIpc) is 2.34. The van der Waals surface area contributed by atoms with E-state index in [1.165, 1.54) is 0 Å². The largest absolute Gasteiger partial charge is 0.383 e. The minimum atomic E-state index is 0.460. The van der Waals surface area contributed by atoms with Gasteiger partial charge in [0.25, 0.3) is 0 Å². The summed E-state index contributed by atoms with van der Waals surface area (Å²) in [6.45, 7) is 4.30. The Bertz CT molecular complexity index is 356. The minimum absolute atomic E-state index is 0.460. The van der Waals surface area contributed by atoms with E-state index in [4.69, 9.17) is 5.73 Å². The van der Waals surface area contributed by atoms with Crippen LogP contribution >= 0.6 is 11.8 Å². The first-order valence-corrected chi connectivity index (χ1v) is 7.32. The third-order valence-electron chi connectivity index (χ3n) is 3.04. The van der Waals surface area contributed by atoms with Gasteiger partial charge in [0.15, 0.2) is 0 Å². The molecule has 96 valence electrons. The summed E-state index contributed by atoms with van der Waals surface area (Å²) in [5.41, 5.74) is 6.94. The summed E-state index contributed by atoms with van der Waals surface area (Å²) in [4.78, 5) is 10.6. The van der Waals surface area contributed by atoms with E-state index in [1.807, 2.05) is 11.8 Å². The van der Waals surface area contributed by atoms with Crippen LogP contribution in [0.25, 0.3) is 0 Å². The maximum atomic E-state index is 5.89. The summed E-state index contributed by atoms with van der Waals surface area (Å²) >= 11 is 1.87. The number of nitrogens with zero attached hydrogens (tertiary/aromatic N) is 3. The number of thioether (sulfide) groups is 1. The van der Waals surface area contributed by atoms with Gasteiger partial charge in [-0.15, -0.1) is 0 Å². The molecule has 2 N–H and O–H groups in total. The molecule has 0 aliphatic rings. The number of nitrogen functional groups attached to an aromatic ring is 1. The second-order valence-electron chi connectivity index (χ2n) is 4.16. The van der Waals surface area contributed by atoms with Crippen molar-refractivity contribution in [3.05, 3.63) is 11.9 Å². The Morgan fingerprint density at radius 1 is 1.47 bits per heavy atom. The lowest BCUT2D eigenvalue weighted by atomic mass is 10.1. The van der Waals surface area contributed by atoms with Crippen molar-refractivity contribution >= 4 is 23.4 Å². The van der Waals surface area contributed by atoms with Crippen LogP contribution in [0.3, 0.4) is 0 Å². The zero-order chi connectivity index (χ0) is 12.8. The summed E-state index contributed by atoms with van der Waals surface area (Å²) < 4.78 is 0. The maximum Gasteiger partial charge on any atom is 0.137 e. The molecule has 17 heavy (non-hydrogen) atoms. The number of nitrogens with two attached hydrogens (primary N) is 1. The first-order chi connectivity index (χ1) is 8.11. The molecule has 1 rings (SSSR count). The number of rotatable bonds is 6. The SMILES string of the molecule is CCc1c(N)ncnc1N(C)C(C)CCSC. The van der Waals surface area contributed by atoms with Crippen LogP contribution in [0.15, 0.2) is 6.33 Å². The van der Waals surface area contributed by atoms with Crippen LogP contribution in [-0.2, 0) is 6.42 Å². The second kappa shape index (κ2) is 6.69.